The average molecular weight is 305 g/mol. The summed E-state index contributed by atoms with van der Waals surface area (Å²) in [6, 6.07) is 6.06. The molecule has 1 atom stereocenters. The van der Waals surface area contributed by atoms with Crippen LogP contribution in [0, 0.1) is 5.41 Å². The summed E-state index contributed by atoms with van der Waals surface area (Å²) in [5, 5.41) is 0.824. The molecule has 0 spiro atoms. The van der Waals surface area contributed by atoms with Gasteiger partial charge in [-0.05, 0) is 42.5 Å². The molecule has 0 aromatic heterocycles. The van der Waals surface area contributed by atoms with Crippen LogP contribution in [0.3, 0.4) is 0 Å². The lowest BCUT2D eigenvalue weighted by atomic mass is 9.80. The summed E-state index contributed by atoms with van der Waals surface area (Å²) in [7, 11) is 0. The third kappa shape index (κ3) is 3.76. The summed E-state index contributed by atoms with van der Waals surface area (Å²) >= 11 is 9.64. The van der Waals surface area contributed by atoms with E-state index in [0.717, 1.165) is 28.8 Å². The van der Waals surface area contributed by atoms with Gasteiger partial charge < -0.3 is 5.73 Å². The number of halogens is 2. The molecule has 1 aromatic rings. The van der Waals surface area contributed by atoms with Crippen molar-refractivity contribution in [1.82, 2.24) is 0 Å². The minimum atomic E-state index is 0.159. The van der Waals surface area contributed by atoms with E-state index in [1.54, 1.807) is 0 Å². The molecule has 0 bridgehead atoms. The molecule has 1 rings (SSSR count). The van der Waals surface area contributed by atoms with Crippen molar-refractivity contribution in [2.75, 3.05) is 6.54 Å². The van der Waals surface area contributed by atoms with E-state index in [4.69, 9.17) is 17.3 Å². The Bertz CT molecular complexity index is 354. The fourth-order valence-electron chi connectivity index (χ4n) is 1.99. The zero-order valence-corrected chi connectivity index (χ0v) is 12.2. The summed E-state index contributed by atoms with van der Waals surface area (Å²) in [6.07, 6.45) is 3.24. The Morgan fingerprint density at radius 1 is 1.44 bits per heavy atom. The molecule has 0 amide bonds. The molecule has 0 aliphatic heterocycles. The van der Waals surface area contributed by atoms with Crippen LogP contribution in [-0.4, -0.2) is 6.54 Å². The van der Waals surface area contributed by atoms with Gasteiger partial charge in [0.1, 0.15) is 0 Å². The monoisotopic (exact) mass is 303 g/mol. The Balaban J connectivity index is 2.85. The first-order valence-corrected chi connectivity index (χ1v) is 6.82. The smallest absolute Gasteiger partial charge is 0.0449 e. The number of rotatable bonds is 5. The summed E-state index contributed by atoms with van der Waals surface area (Å²) < 4.78 is 1.02. The Morgan fingerprint density at radius 3 is 2.62 bits per heavy atom. The van der Waals surface area contributed by atoms with E-state index in [2.05, 4.69) is 35.8 Å². The number of benzene rings is 1. The third-order valence-corrected chi connectivity index (χ3v) is 3.82. The van der Waals surface area contributed by atoms with Gasteiger partial charge in [-0.2, -0.15) is 0 Å². The van der Waals surface area contributed by atoms with Crippen molar-refractivity contribution in [3.63, 3.8) is 0 Å². The van der Waals surface area contributed by atoms with Gasteiger partial charge >= 0.3 is 0 Å². The molecule has 0 radical (unpaired) electrons. The summed E-state index contributed by atoms with van der Waals surface area (Å²) in [5.74, 6) is 0. The Hall–Kier alpha value is -0.0500. The highest BCUT2D eigenvalue weighted by molar-refractivity contribution is 9.10. The number of hydrogen-bond donors (Lipinski definition) is 1. The molecule has 1 aromatic carbocycles. The van der Waals surface area contributed by atoms with Crippen molar-refractivity contribution < 1.29 is 0 Å². The van der Waals surface area contributed by atoms with Crippen molar-refractivity contribution in [2.45, 2.75) is 33.1 Å². The van der Waals surface area contributed by atoms with Crippen molar-refractivity contribution in [3.05, 3.63) is 33.3 Å². The first-order valence-electron chi connectivity index (χ1n) is 5.65. The number of hydrogen-bond acceptors (Lipinski definition) is 1. The molecule has 0 fully saturated rings. The van der Waals surface area contributed by atoms with Crippen molar-refractivity contribution in [3.8, 4) is 0 Å². The zero-order valence-electron chi connectivity index (χ0n) is 9.89. The van der Waals surface area contributed by atoms with Crippen LogP contribution in [0.1, 0.15) is 32.3 Å². The quantitative estimate of drug-likeness (QED) is 0.856. The molecule has 1 unspecified atom stereocenters. The Morgan fingerprint density at radius 2 is 2.12 bits per heavy atom. The van der Waals surface area contributed by atoms with E-state index in [9.17, 15) is 0 Å². The number of nitrogens with two attached hydrogens (primary N) is 1. The molecule has 3 heteroatoms. The molecule has 90 valence electrons. The van der Waals surface area contributed by atoms with Gasteiger partial charge in [0, 0.05) is 9.50 Å². The second-order valence-electron chi connectivity index (χ2n) is 4.68. The van der Waals surface area contributed by atoms with Crippen molar-refractivity contribution in [2.24, 2.45) is 11.1 Å². The zero-order chi connectivity index (χ0) is 12.2. The lowest BCUT2D eigenvalue weighted by Gasteiger charge is -2.28. The Kier molecular flexibility index (Phi) is 5.29. The predicted molar refractivity (Wildman–Crippen MR) is 74.9 cm³/mol. The molecular weight excluding hydrogens is 286 g/mol. The van der Waals surface area contributed by atoms with E-state index in [1.165, 1.54) is 5.56 Å². The molecule has 1 nitrogen and oxygen atoms in total. The maximum atomic E-state index is 6.22. The Labute approximate surface area is 111 Å². The molecule has 0 saturated carbocycles. The predicted octanol–water partition coefficient (Wildman–Crippen LogP) is 4.41. The fourth-order valence-corrected chi connectivity index (χ4v) is 2.73. The highest BCUT2D eigenvalue weighted by Gasteiger charge is 2.22. The molecular formula is C13H19BrClN. The van der Waals surface area contributed by atoms with Gasteiger partial charge in [-0.15, -0.1) is 0 Å². The van der Waals surface area contributed by atoms with E-state index in [-0.39, 0.29) is 5.41 Å². The fraction of sp³-hybridized carbons (Fsp3) is 0.538. The summed E-state index contributed by atoms with van der Waals surface area (Å²) in [4.78, 5) is 0. The van der Waals surface area contributed by atoms with Gasteiger partial charge in [0.25, 0.3) is 0 Å². The lowest BCUT2D eigenvalue weighted by Crippen LogP contribution is -2.29. The van der Waals surface area contributed by atoms with Gasteiger partial charge in [0.15, 0.2) is 0 Å². The summed E-state index contributed by atoms with van der Waals surface area (Å²) in [6.45, 7) is 5.12. The third-order valence-electron chi connectivity index (χ3n) is 2.98. The lowest BCUT2D eigenvalue weighted by molar-refractivity contribution is 0.302. The van der Waals surface area contributed by atoms with Crippen LogP contribution >= 0.6 is 27.5 Å². The van der Waals surface area contributed by atoms with Crippen molar-refractivity contribution >= 4 is 27.5 Å². The molecule has 0 aliphatic rings. The highest BCUT2D eigenvalue weighted by atomic mass is 79.9. The van der Waals surface area contributed by atoms with Gasteiger partial charge in [0.05, 0.1) is 0 Å². The van der Waals surface area contributed by atoms with Crippen LogP contribution in [-0.2, 0) is 6.42 Å². The van der Waals surface area contributed by atoms with Crippen LogP contribution in [0.25, 0.3) is 0 Å². The largest absolute Gasteiger partial charge is 0.330 e. The second kappa shape index (κ2) is 6.04. The molecule has 16 heavy (non-hydrogen) atoms. The highest BCUT2D eigenvalue weighted by Crippen LogP contribution is 2.31. The first-order chi connectivity index (χ1) is 7.50. The minimum absolute atomic E-state index is 0.159. The maximum Gasteiger partial charge on any atom is 0.0449 e. The van der Waals surface area contributed by atoms with Gasteiger partial charge in [-0.25, -0.2) is 0 Å². The van der Waals surface area contributed by atoms with Gasteiger partial charge in [-0.3, -0.25) is 0 Å². The van der Waals surface area contributed by atoms with E-state index < -0.39 is 0 Å². The van der Waals surface area contributed by atoms with Gasteiger partial charge in [0.2, 0.25) is 0 Å². The van der Waals surface area contributed by atoms with Crippen LogP contribution in [0.4, 0.5) is 0 Å². The molecule has 0 heterocycles. The SMILES string of the molecule is CCCC(C)(CN)Cc1ccc(Br)cc1Cl. The van der Waals surface area contributed by atoms with E-state index in [1.807, 2.05) is 12.1 Å². The molecule has 2 N–H and O–H groups in total. The molecule has 0 saturated heterocycles. The van der Waals surface area contributed by atoms with E-state index >= 15 is 0 Å². The van der Waals surface area contributed by atoms with Crippen molar-refractivity contribution in [1.29, 1.82) is 0 Å². The van der Waals surface area contributed by atoms with Crippen LogP contribution in [0.2, 0.25) is 5.02 Å². The van der Waals surface area contributed by atoms with Crippen LogP contribution < -0.4 is 5.73 Å². The van der Waals surface area contributed by atoms with Gasteiger partial charge in [-0.1, -0.05) is 53.9 Å². The van der Waals surface area contributed by atoms with E-state index in [0.29, 0.717) is 6.54 Å². The topological polar surface area (TPSA) is 26.0 Å². The maximum absolute atomic E-state index is 6.22. The molecule has 0 aliphatic carbocycles. The van der Waals surface area contributed by atoms with Crippen LogP contribution in [0.5, 0.6) is 0 Å². The summed E-state index contributed by atoms with van der Waals surface area (Å²) in [5.41, 5.74) is 7.21. The van der Waals surface area contributed by atoms with Crippen LogP contribution in [0.15, 0.2) is 22.7 Å². The standard InChI is InChI=1S/C13H19BrClN/c1-3-6-13(2,9-16)8-10-4-5-11(14)7-12(10)15/h4-5,7H,3,6,8-9,16H2,1-2H3. The average Bonchev–Trinajstić information content (AvgIpc) is 2.23. The first kappa shape index (κ1) is 14.0. The normalized spacial score (nSPS) is 14.8. The minimum Gasteiger partial charge on any atom is -0.330 e. The second-order valence-corrected chi connectivity index (χ2v) is 6.00.